The molecule has 1 fully saturated rings. The summed E-state index contributed by atoms with van der Waals surface area (Å²) in [5.74, 6) is 1.96. The maximum absolute atomic E-state index is 3.88. The first-order valence-corrected chi connectivity index (χ1v) is 9.14. The van der Waals surface area contributed by atoms with E-state index in [0.717, 1.165) is 11.8 Å². The molecule has 0 bridgehead atoms. The summed E-state index contributed by atoms with van der Waals surface area (Å²) in [5, 5.41) is 3.88. The molecule has 0 aromatic heterocycles. The third-order valence-corrected chi connectivity index (χ3v) is 5.70. The first-order chi connectivity index (χ1) is 10.3. The lowest BCUT2D eigenvalue weighted by Gasteiger charge is -2.27. The van der Waals surface area contributed by atoms with Crippen LogP contribution < -0.4 is 5.32 Å². The molecule has 0 spiro atoms. The van der Waals surface area contributed by atoms with Crippen molar-refractivity contribution in [1.82, 2.24) is 5.32 Å². The molecular formula is C20H31N. The molecule has 0 amide bonds. The molecule has 1 heteroatoms. The first-order valence-electron chi connectivity index (χ1n) is 9.14. The zero-order valence-electron chi connectivity index (χ0n) is 13.6. The van der Waals surface area contributed by atoms with Crippen LogP contribution in [0.1, 0.15) is 75.5 Å². The van der Waals surface area contributed by atoms with E-state index >= 15 is 0 Å². The summed E-state index contributed by atoms with van der Waals surface area (Å²) < 4.78 is 0. The Bertz CT molecular complexity index is 431. The largest absolute Gasteiger partial charge is 0.310 e. The number of fused-ring (bicyclic) bond motifs is 1. The predicted molar refractivity (Wildman–Crippen MR) is 90.5 cm³/mol. The van der Waals surface area contributed by atoms with Gasteiger partial charge in [-0.2, -0.15) is 0 Å². The third-order valence-electron chi connectivity index (χ3n) is 5.70. The Labute approximate surface area is 130 Å². The molecule has 1 atom stereocenters. The summed E-state index contributed by atoms with van der Waals surface area (Å²) in [6, 6.07) is 9.69. The van der Waals surface area contributed by atoms with E-state index in [2.05, 4.69) is 36.5 Å². The van der Waals surface area contributed by atoms with Crippen molar-refractivity contribution >= 4 is 0 Å². The van der Waals surface area contributed by atoms with Gasteiger partial charge in [-0.3, -0.25) is 0 Å². The van der Waals surface area contributed by atoms with Gasteiger partial charge >= 0.3 is 0 Å². The fraction of sp³-hybridized carbons (Fsp3) is 0.700. The minimum atomic E-state index is 0.603. The average molecular weight is 285 g/mol. The molecule has 1 aromatic carbocycles. The number of aryl methyl sites for hydroxylation is 1. The molecule has 1 saturated carbocycles. The third kappa shape index (κ3) is 4.10. The Morgan fingerprint density at radius 2 is 1.81 bits per heavy atom. The zero-order chi connectivity index (χ0) is 14.5. The van der Waals surface area contributed by atoms with Gasteiger partial charge in [-0.15, -0.1) is 0 Å². The van der Waals surface area contributed by atoms with Crippen molar-refractivity contribution in [2.75, 3.05) is 6.54 Å². The van der Waals surface area contributed by atoms with Crippen LogP contribution in [0.25, 0.3) is 0 Å². The maximum Gasteiger partial charge on any atom is 0.0322 e. The molecule has 3 rings (SSSR count). The lowest BCUT2D eigenvalue weighted by molar-refractivity contribution is 0.271. The van der Waals surface area contributed by atoms with Gasteiger partial charge in [0.25, 0.3) is 0 Å². The van der Waals surface area contributed by atoms with Crippen molar-refractivity contribution < 1.29 is 0 Å². The highest BCUT2D eigenvalue weighted by Gasteiger charge is 2.20. The second-order valence-corrected chi connectivity index (χ2v) is 7.37. The summed E-state index contributed by atoms with van der Waals surface area (Å²) in [6.45, 7) is 3.62. The van der Waals surface area contributed by atoms with Crippen LogP contribution in [0.4, 0.5) is 0 Å². The highest BCUT2D eigenvalue weighted by Crippen LogP contribution is 2.31. The van der Waals surface area contributed by atoms with Crippen LogP contribution in [-0.4, -0.2) is 6.54 Å². The van der Waals surface area contributed by atoms with Crippen molar-refractivity contribution in [3.8, 4) is 0 Å². The van der Waals surface area contributed by atoms with Gasteiger partial charge in [0, 0.05) is 6.04 Å². The van der Waals surface area contributed by atoms with Crippen LogP contribution in [0.2, 0.25) is 0 Å². The van der Waals surface area contributed by atoms with Crippen LogP contribution in [0.3, 0.4) is 0 Å². The van der Waals surface area contributed by atoms with Gasteiger partial charge in [-0.05, 0) is 55.2 Å². The van der Waals surface area contributed by atoms with E-state index in [-0.39, 0.29) is 0 Å². The molecule has 2 aliphatic carbocycles. The quantitative estimate of drug-likeness (QED) is 0.744. The fourth-order valence-electron chi connectivity index (χ4n) is 4.21. The zero-order valence-corrected chi connectivity index (χ0v) is 13.6. The van der Waals surface area contributed by atoms with Gasteiger partial charge in [0.05, 0.1) is 0 Å². The van der Waals surface area contributed by atoms with Gasteiger partial charge < -0.3 is 5.32 Å². The number of hydrogen-bond acceptors (Lipinski definition) is 1. The Balaban J connectivity index is 1.51. The molecule has 0 aliphatic heterocycles. The Morgan fingerprint density at radius 1 is 1.00 bits per heavy atom. The van der Waals surface area contributed by atoms with Gasteiger partial charge in [-0.25, -0.2) is 0 Å². The van der Waals surface area contributed by atoms with E-state index in [9.17, 15) is 0 Å². The second kappa shape index (κ2) is 7.45. The van der Waals surface area contributed by atoms with Crippen molar-refractivity contribution in [3.05, 3.63) is 35.4 Å². The SMILES string of the molecule is CC1CCC(CCNC2CCCCc3ccccc32)CC1. The fourth-order valence-corrected chi connectivity index (χ4v) is 4.21. The lowest BCUT2D eigenvalue weighted by atomic mass is 9.81. The summed E-state index contributed by atoms with van der Waals surface area (Å²) in [6.07, 6.45) is 12.5. The average Bonchev–Trinajstić information content (AvgIpc) is 2.72. The maximum atomic E-state index is 3.88. The summed E-state index contributed by atoms with van der Waals surface area (Å²) in [7, 11) is 0. The van der Waals surface area contributed by atoms with Gasteiger partial charge in [-0.1, -0.05) is 63.3 Å². The highest BCUT2D eigenvalue weighted by molar-refractivity contribution is 5.31. The van der Waals surface area contributed by atoms with Crippen LogP contribution in [0.5, 0.6) is 0 Å². The minimum Gasteiger partial charge on any atom is -0.310 e. The second-order valence-electron chi connectivity index (χ2n) is 7.37. The number of rotatable bonds is 4. The predicted octanol–water partition coefficient (Wildman–Crippen LogP) is 5.26. The monoisotopic (exact) mass is 285 g/mol. The van der Waals surface area contributed by atoms with Crippen LogP contribution in [0.15, 0.2) is 24.3 Å². The van der Waals surface area contributed by atoms with E-state index in [1.54, 1.807) is 11.1 Å². The van der Waals surface area contributed by atoms with E-state index in [1.807, 2.05) is 0 Å². The highest BCUT2D eigenvalue weighted by atomic mass is 14.9. The summed E-state index contributed by atoms with van der Waals surface area (Å²) in [5.41, 5.74) is 3.16. The Morgan fingerprint density at radius 3 is 2.67 bits per heavy atom. The molecule has 1 nitrogen and oxygen atoms in total. The van der Waals surface area contributed by atoms with Gasteiger partial charge in [0.2, 0.25) is 0 Å². The van der Waals surface area contributed by atoms with E-state index < -0.39 is 0 Å². The lowest BCUT2D eigenvalue weighted by Crippen LogP contribution is -2.25. The number of hydrogen-bond donors (Lipinski definition) is 1. The smallest absolute Gasteiger partial charge is 0.0322 e. The molecule has 1 aromatic rings. The van der Waals surface area contributed by atoms with E-state index in [1.165, 1.54) is 64.3 Å². The van der Waals surface area contributed by atoms with Gasteiger partial charge in [0.15, 0.2) is 0 Å². The minimum absolute atomic E-state index is 0.603. The Hall–Kier alpha value is -0.820. The molecular weight excluding hydrogens is 254 g/mol. The van der Waals surface area contributed by atoms with E-state index in [0.29, 0.717) is 6.04 Å². The van der Waals surface area contributed by atoms with Crippen LogP contribution >= 0.6 is 0 Å². The molecule has 1 N–H and O–H groups in total. The van der Waals surface area contributed by atoms with Crippen molar-refractivity contribution in [1.29, 1.82) is 0 Å². The molecule has 116 valence electrons. The van der Waals surface area contributed by atoms with Crippen molar-refractivity contribution in [2.45, 2.75) is 70.8 Å². The van der Waals surface area contributed by atoms with Crippen molar-refractivity contribution in [2.24, 2.45) is 11.8 Å². The van der Waals surface area contributed by atoms with Crippen molar-refractivity contribution in [3.63, 3.8) is 0 Å². The Kier molecular flexibility index (Phi) is 5.35. The molecule has 0 heterocycles. The topological polar surface area (TPSA) is 12.0 Å². The summed E-state index contributed by atoms with van der Waals surface area (Å²) >= 11 is 0. The molecule has 1 unspecified atom stereocenters. The molecule has 0 radical (unpaired) electrons. The standard InChI is InChI=1S/C20H31N/c1-16-10-12-17(13-11-16)14-15-21-20-9-5-3-7-18-6-2-4-8-19(18)20/h2,4,6,8,16-17,20-21H,3,5,7,9-15H2,1H3. The van der Waals surface area contributed by atoms with Gasteiger partial charge in [0.1, 0.15) is 0 Å². The summed E-state index contributed by atoms with van der Waals surface area (Å²) in [4.78, 5) is 0. The van der Waals surface area contributed by atoms with Crippen LogP contribution in [0, 0.1) is 11.8 Å². The number of benzene rings is 1. The molecule has 2 aliphatic rings. The molecule has 21 heavy (non-hydrogen) atoms. The molecule has 0 saturated heterocycles. The normalized spacial score (nSPS) is 29.7. The number of nitrogens with one attached hydrogen (secondary N) is 1. The van der Waals surface area contributed by atoms with Crippen LogP contribution in [-0.2, 0) is 6.42 Å². The first kappa shape index (κ1) is 15.1. The van der Waals surface area contributed by atoms with E-state index in [4.69, 9.17) is 0 Å².